The number of amides is 1. The van der Waals surface area contributed by atoms with Crippen molar-refractivity contribution in [2.75, 3.05) is 23.3 Å². The summed E-state index contributed by atoms with van der Waals surface area (Å²) in [6.45, 7) is 5.43. The first-order chi connectivity index (χ1) is 10.4. The summed E-state index contributed by atoms with van der Waals surface area (Å²) >= 11 is 0. The zero-order valence-electron chi connectivity index (χ0n) is 12.7. The molecule has 0 unspecified atom stereocenters. The van der Waals surface area contributed by atoms with Crippen LogP contribution < -0.4 is 10.2 Å². The van der Waals surface area contributed by atoms with Crippen LogP contribution in [0.15, 0.2) is 12.5 Å². The smallest absolute Gasteiger partial charge is 0.307 e. The number of nitrogens with zero attached hydrogens (tertiary/aromatic N) is 3. The second-order valence-electron chi connectivity index (χ2n) is 6.56. The zero-order chi connectivity index (χ0) is 15.9. The Hall–Kier alpha value is -2.18. The van der Waals surface area contributed by atoms with Crippen molar-refractivity contribution in [1.29, 1.82) is 0 Å². The van der Waals surface area contributed by atoms with E-state index < -0.39 is 23.2 Å². The van der Waals surface area contributed by atoms with Gasteiger partial charge in [0.05, 0.1) is 18.0 Å². The normalized spacial score (nSPS) is 25.8. The van der Waals surface area contributed by atoms with Gasteiger partial charge in [0, 0.05) is 13.1 Å². The fourth-order valence-corrected chi connectivity index (χ4v) is 3.39. The highest BCUT2D eigenvalue weighted by Crippen LogP contribution is 2.58. The van der Waals surface area contributed by atoms with Gasteiger partial charge in [0.1, 0.15) is 12.0 Å². The van der Waals surface area contributed by atoms with Crippen LogP contribution in [0, 0.1) is 17.3 Å². The second kappa shape index (κ2) is 5.23. The predicted molar refractivity (Wildman–Crippen MR) is 80.5 cm³/mol. The minimum atomic E-state index is -0.922. The Morgan fingerprint density at radius 1 is 1.32 bits per heavy atom. The van der Waals surface area contributed by atoms with E-state index in [1.54, 1.807) is 20.0 Å². The Balaban J connectivity index is 1.77. The number of aliphatic carboxylic acids is 1. The lowest BCUT2D eigenvalue weighted by atomic mass is 10.1. The van der Waals surface area contributed by atoms with Crippen LogP contribution in [0.1, 0.15) is 26.7 Å². The van der Waals surface area contributed by atoms with Gasteiger partial charge in [0.25, 0.3) is 0 Å². The van der Waals surface area contributed by atoms with Gasteiger partial charge in [-0.05, 0) is 18.3 Å². The van der Waals surface area contributed by atoms with E-state index in [-0.39, 0.29) is 5.91 Å². The third kappa shape index (κ3) is 2.40. The summed E-state index contributed by atoms with van der Waals surface area (Å²) in [6, 6.07) is 0. The fraction of sp³-hybridized carbons (Fsp3) is 0.600. The molecule has 1 aliphatic heterocycles. The third-order valence-electron chi connectivity index (χ3n) is 4.73. The summed E-state index contributed by atoms with van der Waals surface area (Å²) in [5, 5.41) is 12.0. The predicted octanol–water partition coefficient (Wildman–Crippen LogP) is 1.37. The number of aromatic nitrogens is 2. The third-order valence-corrected chi connectivity index (χ3v) is 4.73. The highest BCUT2D eigenvalue weighted by molar-refractivity contribution is 6.01. The molecule has 1 amide bonds. The number of anilines is 2. The average molecular weight is 304 g/mol. The molecular formula is C15H20N4O3. The molecule has 0 aromatic carbocycles. The highest BCUT2D eigenvalue weighted by atomic mass is 16.4. The van der Waals surface area contributed by atoms with E-state index in [0.29, 0.717) is 11.5 Å². The molecule has 118 valence electrons. The Morgan fingerprint density at radius 3 is 2.59 bits per heavy atom. The lowest BCUT2D eigenvalue weighted by Gasteiger charge is -2.19. The first-order valence-electron chi connectivity index (χ1n) is 7.51. The molecule has 0 spiro atoms. The molecule has 2 N–H and O–H groups in total. The van der Waals surface area contributed by atoms with Crippen LogP contribution >= 0.6 is 0 Å². The molecule has 2 heterocycles. The van der Waals surface area contributed by atoms with Crippen molar-refractivity contribution < 1.29 is 14.7 Å². The molecule has 2 atom stereocenters. The van der Waals surface area contributed by atoms with Crippen LogP contribution in [0.3, 0.4) is 0 Å². The number of carbonyl (C=O) groups excluding carboxylic acids is 1. The minimum Gasteiger partial charge on any atom is -0.481 e. The molecular weight excluding hydrogens is 284 g/mol. The number of hydrogen-bond acceptors (Lipinski definition) is 5. The molecule has 3 rings (SSSR count). The van der Waals surface area contributed by atoms with Gasteiger partial charge in [-0.25, -0.2) is 9.97 Å². The summed E-state index contributed by atoms with van der Waals surface area (Å²) in [5.41, 5.74) is 0.0422. The summed E-state index contributed by atoms with van der Waals surface area (Å²) in [6.07, 6.45) is 5.25. The molecule has 1 saturated carbocycles. The number of carbonyl (C=O) groups is 2. The molecule has 22 heavy (non-hydrogen) atoms. The van der Waals surface area contributed by atoms with Crippen LogP contribution in [0.4, 0.5) is 11.5 Å². The van der Waals surface area contributed by atoms with Gasteiger partial charge >= 0.3 is 5.97 Å². The van der Waals surface area contributed by atoms with Crippen LogP contribution in [-0.4, -0.2) is 40.0 Å². The Labute approximate surface area is 128 Å². The van der Waals surface area contributed by atoms with Gasteiger partial charge in [0.15, 0.2) is 5.82 Å². The Bertz CT molecular complexity index is 611. The van der Waals surface area contributed by atoms with Crippen LogP contribution in [0.25, 0.3) is 0 Å². The van der Waals surface area contributed by atoms with Crippen molar-refractivity contribution in [2.45, 2.75) is 26.7 Å². The maximum atomic E-state index is 12.4. The largest absolute Gasteiger partial charge is 0.481 e. The van der Waals surface area contributed by atoms with Gasteiger partial charge in [0.2, 0.25) is 5.91 Å². The van der Waals surface area contributed by atoms with Gasteiger partial charge < -0.3 is 15.3 Å². The molecule has 1 aliphatic carbocycles. The standard InChI is InChI=1S/C15H20N4O3/c1-15(2)10(11(15)14(21)22)13(20)18-9-7-16-8-17-12(9)19-5-3-4-6-19/h7-8,10-11H,3-6H2,1-2H3,(H,18,20)(H,21,22)/t10-,11+/m1/s1. The average Bonchev–Trinajstić information content (AvgIpc) is 2.84. The van der Waals surface area contributed by atoms with E-state index in [2.05, 4.69) is 20.2 Å². The first kappa shape index (κ1) is 14.7. The van der Waals surface area contributed by atoms with Gasteiger partial charge in [-0.15, -0.1) is 0 Å². The molecule has 2 aliphatic rings. The summed E-state index contributed by atoms with van der Waals surface area (Å²) in [7, 11) is 0. The summed E-state index contributed by atoms with van der Waals surface area (Å²) < 4.78 is 0. The quantitative estimate of drug-likeness (QED) is 0.872. The second-order valence-corrected chi connectivity index (χ2v) is 6.56. The van der Waals surface area contributed by atoms with Crippen molar-refractivity contribution in [1.82, 2.24) is 9.97 Å². The molecule has 7 nitrogen and oxygen atoms in total. The van der Waals surface area contributed by atoms with Crippen molar-refractivity contribution in [2.24, 2.45) is 17.3 Å². The molecule has 0 radical (unpaired) electrons. The Kier molecular flexibility index (Phi) is 3.50. The highest BCUT2D eigenvalue weighted by Gasteiger charge is 2.65. The number of nitrogens with one attached hydrogen (secondary N) is 1. The minimum absolute atomic E-state index is 0.271. The SMILES string of the molecule is CC1(C)[C@H](C(=O)O)[C@@H]1C(=O)Nc1cncnc1N1CCCC1. The molecule has 1 aromatic heterocycles. The molecule has 7 heteroatoms. The van der Waals surface area contributed by atoms with Crippen LogP contribution in [-0.2, 0) is 9.59 Å². The van der Waals surface area contributed by atoms with Gasteiger partial charge in [-0.3, -0.25) is 9.59 Å². The van der Waals surface area contributed by atoms with E-state index in [9.17, 15) is 14.7 Å². The monoisotopic (exact) mass is 304 g/mol. The number of hydrogen-bond donors (Lipinski definition) is 2. The van der Waals surface area contributed by atoms with E-state index in [1.807, 2.05) is 0 Å². The zero-order valence-corrected chi connectivity index (χ0v) is 12.7. The van der Waals surface area contributed by atoms with Crippen LogP contribution in [0.5, 0.6) is 0 Å². The van der Waals surface area contributed by atoms with E-state index >= 15 is 0 Å². The van der Waals surface area contributed by atoms with E-state index in [4.69, 9.17) is 0 Å². The molecule has 1 aromatic rings. The van der Waals surface area contributed by atoms with E-state index in [0.717, 1.165) is 25.9 Å². The maximum absolute atomic E-state index is 12.4. The van der Waals surface area contributed by atoms with Crippen molar-refractivity contribution >= 4 is 23.4 Å². The summed E-state index contributed by atoms with van der Waals surface area (Å²) in [4.78, 5) is 34.0. The van der Waals surface area contributed by atoms with Crippen molar-refractivity contribution in [3.8, 4) is 0 Å². The van der Waals surface area contributed by atoms with Crippen molar-refractivity contribution in [3.63, 3.8) is 0 Å². The molecule has 1 saturated heterocycles. The number of rotatable bonds is 4. The van der Waals surface area contributed by atoms with Crippen LogP contribution in [0.2, 0.25) is 0 Å². The first-order valence-corrected chi connectivity index (χ1v) is 7.51. The van der Waals surface area contributed by atoms with E-state index in [1.165, 1.54) is 6.33 Å². The molecule has 2 fully saturated rings. The van der Waals surface area contributed by atoms with Crippen molar-refractivity contribution in [3.05, 3.63) is 12.5 Å². The maximum Gasteiger partial charge on any atom is 0.307 e. The number of carboxylic acid groups (broad SMARTS) is 1. The lowest BCUT2D eigenvalue weighted by molar-refractivity contribution is -0.140. The topological polar surface area (TPSA) is 95.4 Å². The van der Waals surface area contributed by atoms with Gasteiger partial charge in [-0.2, -0.15) is 0 Å². The molecule has 0 bridgehead atoms. The lowest BCUT2D eigenvalue weighted by Crippen LogP contribution is -2.24. The summed E-state index contributed by atoms with van der Waals surface area (Å²) in [5.74, 6) is -1.63. The Morgan fingerprint density at radius 2 is 2.00 bits per heavy atom. The fourth-order valence-electron chi connectivity index (χ4n) is 3.39. The number of carboxylic acids is 1. The van der Waals surface area contributed by atoms with Gasteiger partial charge in [-0.1, -0.05) is 13.8 Å².